The van der Waals surface area contributed by atoms with Gasteiger partial charge in [-0.05, 0) is 95.5 Å². The average Bonchev–Trinajstić information content (AvgIpc) is 3.81. The molecule has 0 bridgehead atoms. The molecule has 0 N–H and O–H groups in total. The SMILES string of the molecule is C=C(OC)c1cc(COc2ccc(B3OC(C)(C)C(C)(C)O3)cc2)c(C)o1.CC.COC(=O)c1cc(COc2ccc(C3=NCCC=N3)cc2)c(C)o1. The topological polar surface area (TPSA) is 123 Å². The highest BCUT2D eigenvalue weighted by Gasteiger charge is 2.51. The molecule has 11 nitrogen and oxygen atoms in total. The molecule has 6 rings (SSSR count). The number of nitrogens with zero attached hydrogens (tertiary/aromatic N) is 2. The van der Waals surface area contributed by atoms with Crippen molar-refractivity contribution in [2.24, 2.45) is 9.98 Å². The van der Waals surface area contributed by atoms with Crippen LogP contribution in [0.2, 0.25) is 0 Å². The highest BCUT2D eigenvalue weighted by molar-refractivity contribution is 6.62. The van der Waals surface area contributed by atoms with E-state index in [2.05, 4.69) is 21.3 Å². The van der Waals surface area contributed by atoms with E-state index in [4.69, 9.17) is 32.4 Å². The van der Waals surface area contributed by atoms with E-state index in [1.54, 1.807) is 20.1 Å². The number of carbonyl (C=O) groups excluding carboxylic acids is 1. The number of aryl methyl sites for hydroxylation is 2. The van der Waals surface area contributed by atoms with Crippen LogP contribution in [0.4, 0.5) is 0 Å². The molecule has 0 atom stereocenters. The number of aliphatic imine (C=N–C) groups is 2. The molecule has 53 heavy (non-hydrogen) atoms. The summed E-state index contributed by atoms with van der Waals surface area (Å²) in [4.78, 5) is 20.1. The molecule has 0 saturated carbocycles. The van der Waals surface area contributed by atoms with Gasteiger partial charge in [0, 0.05) is 35.9 Å². The summed E-state index contributed by atoms with van der Waals surface area (Å²) in [5, 5.41) is 0. The fraction of sp³-hybridized carbons (Fsp3) is 0.390. The molecular formula is C41H51BN2O9. The fourth-order valence-electron chi connectivity index (χ4n) is 5.07. The van der Waals surface area contributed by atoms with Gasteiger partial charge in [-0.15, -0.1) is 0 Å². The number of methoxy groups -OCH3 is 2. The lowest BCUT2D eigenvalue weighted by atomic mass is 9.79. The molecule has 0 spiro atoms. The number of amidine groups is 1. The van der Waals surface area contributed by atoms with E-state index in [1.165, 1.54) is 7.11 Å². The minimum Gasteiger partial charge on any atom is -0.493 e. The minimum absolute atomic E-state index is 0.178. The van der Waals surface area contributed by atoms with E-state index in [-0.39, 0.29) is 24.1 Å². The lowest BCUT2D eigenvalue weighted by Crippen LogP contribution is -2.41. The normalized spacial score (nSPS) is 15.3. The molecule has 282 valence electrons. The Morgan fingerprint density at radius 2 is 1.30 bits per heavy atom. The van der Waals surface area contributed by atoms with Gasteiger partial charge in [0.1, 0.15) is 36.2 Å². The van der Waals surface area contributed by atoms with Crippen molar-refractivity contribution in [2.45, 2.75) is 86.2 Å². The standard InChI is InChI=1S/C21H27BO5.C18H18N2O4.C2H6/c1-14-16(12-19(25-14)15(2)23-7)13-24-18-10-8-17(9-11-18)22-26-20(3,4)21(5,6)27-22;1-12-14(10-16(24-12)18(21)22-2)11-23-15-6-4-13(5-7-15)17-19-8-3-9-20-17;1-2/h8-12H,2,13H2,1,3-7H3;4-8,10H,3,9,11H2,1-2H3;1-2H3. The summed E-state index contributed by atoms with van der Waals surface area (Å²) in [6, 6.07) is 18.9. The van der Waals surface area contributed by atoms with Crippen LogP contribution in [0.3, 0.4) is 0 Å². The second-order valence-electron chi connectivity index (χ2n) is 13.1. The number of ether oxygens (including phenoxy) is 4. The van der Waals surface area contributed by atoms with Gasteiger partial charge >= 0.3 is 13.1 Å². The summed E-state index contributed by atoms with van der Waals surface area (Å²) in [5.41, 5.74) is 2.99. The monoisotopic (exact) mass is 726 g/mol. The molecule has 2 aliphatic rings. The molecule has 4 heterocycles. The Kier molecular flexibility index (Phi) is 13.9. The van der Waals surface area contributed by atoms with E-state index in [9.17, 15) is 4.79 Å². The summed E-state index contributed by atoms with van der Waals surface area (Å²) in [6.45, 7) is 21.2. The number of furan rings is 2. The van der Waals surface area contributed by atoms with Crippen LogP contribution in [0, 0.1) is 13.8 Å². The van der Waals surface area contributed by atoms with Gasteiger partial charge in [-0.3, -0.25) is 4.99 Å². The van der Waals surface area contributed by atoms with Gasteiger partial charge in [0.25, 0.3) is 0 Å². The van der Waals surface area contributed by atoms with Crippen molar-refractivity contribution in [3.63, 3.8) is 0 Å². The van der Waals surface area contributed by atoms with Crippen LogP contribution in [-0.4, -0.2) is 57.1 Å². The zero-order valence-corrected chi connectivity index (χ0v) is 32.5. The van der Waals surface area contributed by atoms with Crippen molar-refractivity contribution >= 4 is 36.4 Å². The van der Waals surface area contributed by atoms with E-state index in [0.717, 1.165) is 58.2 Å². The fourth-order valence-corrected chi connectivity index (χ4v) is 5.07. The maximum atomic E-state index is 11.5. The van der Waals surface area contributed by atoms with Gasteiger partial charge < -0.3 is 37.1 Å². The molecule has 2 aliphatic heterocycles. The van der Waals surface area contributed by atoms with Crippen LogP contribution in [0.25, 0.3) is 5.76 Å². The maximum Gasteiger partial charge on any atom is 0.494 e. The van der Waals surface area contributed by atoms with Crippen LogP contribution in [-0.2, 0) is 32.0 Å². The Labute approximate surface area is 313 Å². The first-order valence-electron chi connectivity index (χ1n) is 17.7. The van der Waals surface area contributed by atoms with Gasteiger partial charge in [0.2, 0.25) is 5.76 Å². The molecule has 2 aromatic carbocycles. The first-order chi connectivity index (χ1) is 25.3. The highest BCUT2D eigenvalue weighted by atomic mass is 16.7. The van der Waals surface area contributed by atoms with E-state index in [1.807, 2.05) is 109 Å². The van der Waals surface area contributed by atoms with Crippen molar-refractivity contribution in [2.75, 3.05) is 20.8 Å². The lowest BCUT2D eigenvalue weighted by molar-refractivity contribution is 0.00578. The highest BCUT2D eigenvalue weighted by Crippen LogP contribution is 2.36. The zero-order valence-electron chi connectivity index (χ0n) is 32.5. The largest absolute Gasteiger partial charge is 0.494 e. The van der Waals surface area contributed by atoms with E-state index < -0.39 is 5.97 Å². The molecule has 0 aliphatic carbocycles. The summed E-state index contributed by atoms with van der Waals surface area (Å²) in [6.07, 6.45) is 2.77. The third-order valence-electron chi connectivity index (χ3n) is 8.99. The summed E-state index contributed by atoms with van der Waals surface area (Å²) >= 11 is 0. The molecule has 0 amide bonds. The van der Waals surface area contributed by atoms with Crippen LogP contribution in [0.1, 0.15) is 92.5 Å². The number of hydrogen-bond acceptors (Lipinski definition) is 11. The van der Waals surface area contributed by atoms with Crippen molar-refractivity contribution in [3.05, 3.63) is 107 Å². The Balaban J connectivity index is 0.000000228. The zero-order chi connectivity index (χ0) is 38.8. The lowest BCUT2D eigenvalue weighted by Gasteiger charge is -2.32. The van der Waals surface area contributed by atoms with Crippen molar-refractivity contribution < 1.29 is 41.9 Å². The van der Waals surface area contributed by atoms with Crippen molar-refractivity contribution in [3.8, 4) is 11.5 Å². The Morgan fingerprint density at radius 1 is 0.792 bits per heavy atom. The molecular weight excluding hydrogens is 675 g/mol. The number of rotatable bonds is 11. The van der Waals surface area contributed by atoms with E-state index >= 15 is 0 Å². The summed E-state index contributed by atoms with van der Waals surface area (Å²) < 4.78 is 44.5. The van der Waals surface area contributed by atoms with Gasteiger partial charge in [-0.25, -0.2) is 9.79 Å². The molecule has 1 saturated heterocycles. The Bertz CT molecular complexity index is 1870. The van der Waals surface area contributed by atoms with Gasteiger partial charge in [0.05, 0.1) is 25.4 Å². The number of esters is 1. The number of benzene rings is 2. The first-order valence-corrected chi connectivity index (χ1v) is 17.7. The predicted octanol–water partition coefficient (Wildman–Crippen LogP) is 8.28. The maximum absolute atomic E-state index is 11.5. The number of hydrogen-bond donors (Lipinski definition) is 0. The van der Waals surface area contributed by atoms with Crippen LogP contribution < -0.4 is 14.9 Å². The molecule has 0 radical (unpaired) electrons. The molecule has 2 aromatic heterocycles. The number of carbonyl (C=O) groups is 1. The van der Waals surface area contributed by atoms with Gasteiger partial charge in [-0.2, -0.15) is 0 Å². The third kappa shape index (κ3) is 10.3. The van der Waals surface area contributed by atoms with Gasteiger partial charge in [-0.1, -0.05) is 32.6 Å². The second kappa shape index (κ2) is 18.1. The van der Waals surface area contributed by atoms with Gasteiger partial charge in [0.15, 0.2) is 17.4 Å². The second-order valence-corrected chi connectivity index (χ2v) is 13.1. The summed E-state index contributed by atoms with van der Waals surface area (Å²) in [7, 11) is 2.51. The Morgan fingerprint density at radius 3 is 1.79 bits per heavy atom. The smallest absolute Gasteiger partial charge is 0.493 e. The predicted molar refractivity (Wildman–Crippen MR) is 207 cm³/mol. The molecule has 0 unspecified atom stereocenters. The van der Waals surface area contributed by atoms with Crippen LogP contribution >= 0.6 is 0 Å². The minimum atomic E-state index is -0.498. The molecule has 12 heteroatoms. The van der Waals surface area contributed by atoms with Crippen molar-refractivity contribution in [1.29, 1.82) is 0 Å². The Hall–Kier alpha value is -5.07. The third-order valence-corrected chi connectivity index (χ3v) is 8.99. The quantitative estimate of drug-likeness (QED) is 0.0854. The van der Waals surface area contributed by atoms with Crippen LogP contribution in [0.5, 0.6) is 11.5 Å². The van der Waals surface area contributed by atoms with E-state index in [0.29, 0.717) is 30.5 Å². The average molecular weight is 727 g/mol. The van der Waals surface area contributed by atoms with Crippen molar-refractivity contribution in [1.82, 2.24) is 0 Å². The summed E-state index contributed by atoms with van der Waals surface area (Å²) in [5.74, 6) is 4.46. The first kappa shape index (κ1) is 40.7. The van der Waals surface area contributed by atoms with Crippen LogP contribution in [0.15, 0.2) is 86.1 Å². The molecule has 4 aromatic rings. The molecule has 1 fully saturated rings.